The minimum atomic E-state index is -0.698. The van der Waals surface area contributed by atoms with Crippen LogP contribution in [0, 0.1) is 5.82 Å². The lowest BCUT2D eigenvalue weighted by Crippen LogP contribution is -2.14. The van der Waals surface area contributed by atoms with Crippen LogP contribution in [0.2, 0.25) is 15.3 Å². The van der Waals surface area contributed by atoms with E-state index in [1.165, 1.54) is 12.1 Å². The summed E-state index contributed by atoms with van der Waals surface area (Å²) in [6.07, 6.45) is 1.15. The van der Waals surface area contributed by atoms with Crippen molar-refractivity contribution in [2.24, 2.45) is 0 Å². The van der Waals surface area contributed by atoms with Crippen LogP contribution in [0.3, 0.4) is 0 Å². The lowest BCUT2D eigenvalue weighted by Gasteiger charge is -2.08. The molecule has 1 N–H and O–H groups in total. The molecule has 4 nitrogen and oxygen atoms in total. The van der Waals surface area contributed by atoms with E-state index in [4.69, 9.17) is 34.8 Å². The zero-order chi connectivity index (χ0) is 14.0. The van der Waals surface area contributed by atoms with Gasteiger partial charge in [0.1, 0.15) is 17.8 Å². The molecule has 0 aliphatic rings. The maximum absolute atomic E-state index is 13.2. The van der Waals surface area contributed by atoms with Crippen LogP contribution in [0.5, 0.6) is 0 Å². The molecule has 1 aromatic carbocycles. The standard InChI is InChI=1S/C11H5Cl3FN3O/c12-7-5(2-1-3-6(7)15)11(19)18-8-9(13)16-4-17-10(8)14/h1-4H,(H,18,19). The fourth-order valence-electron chi connectivity index (χ4n) is 1.31. The van der Waals surface area contributed by atoms with Crippen LogP contribution < -0.4 is 5.32 Å². The molecule has 1 aromatic heterocycles. The summed E-state index contributed by atoms with van der Waals surface area (Å²) >= 11 is 17.3. The zero-order valence-electron chi connectivity index (χ0n) is 9.12. The van der Waals surface area contributed by atoms with Gasteiger partial charge in [0, 0.05) is 0 Å². The van der Waals surface area contributed by atoms with E-state index < -0.39 is 11.7 Å². The second-order valence-electron chi connectivity index (χ2n) is 3.39. The predicted octanol–water partition coefficient (Wildman–Crippen LogP) is 3.83. The minimum Gasteiger partial charge on any atom is -0.317 e. The van der Waals surface area contributed by atoms with Crippen LogP contribution in [0.15, 0.2) is 24.5 Å². The number of carbonyl (C=O) groups is 1. The van der Waals surface area contributed by atoms with Gasteiger partial charge in [0.15, 0.2) is 10.3 Å². The summed E-state index contributed by atoms with van der Waals surface area (Å²) in [6.45, 7) is 0. The number of nitrogens with zero attached hydrogens (tertiary/aromatic N) is 2. The van der Waals surface area contributed by atoms with Crippen LogP contribution in [0.4, 0.5) is 10.1 Å². The number of nitrogens with one attached hydrogen (secondary N) is 1. The SMILES string of the molecule is O=C(Nc1c(Cl)ncnc1Cl)c1cccc(F)c1Cl. The van der Waals surface area contributed by atoms with Crippen molar-refractivity contribution in [2.75, 3.05) is 5.32 Å². The number of halogens is 4. The Labute approximate surface area is 122 Å². The van der Waals surface area contributed by atoms with E-state index >= 15 is 0 Å². The first-order chi connectivity index (χ1) is 9.00. The Hall–Kier alpha value is -1.43. The highest BCUT2D eigenvalue weighted by atomic mass is 35.5. The first-order valence-electron chi connectivity index (χ1n) is 4.92. The van der Waals surface area contributed by atoms with Gasteiger partial charge in [-0.1, -0.05) is 40.9 Å². The molecule has 19 heavy (non-hydrogen) atoms. The maximum atomic E-state index is 13.2. The average molecular weight is 321 g/mol. The number of amides is 1. The fraction of sp³-hybridized carbons (Fsp3) is 0. The smallest absolute Gasteiger partial charge is 0.257 e. The third-order valence-corrected chi connectivity index (χ3v) is 3.15. The van der Waals surface area contributed by atoms with Crippen LogP contribution in [-0.4, -0.2) is 15.9 Å². The van der Waals surface area contributed by atoms with Crippen molar-refractivity contribution in [3.05, 3.63) is 51.2 Å². The molecule has 1 amide bonds. The molecule has 1 heterocycles. The second kappa shape index (κ2) is 5.69. The van der Waals surface area contributed by atoms with E-state index in [2.05, 4.69) is 15.3 Å². The Morgan fingerprint density at radius 1 is 1.16 bits per heavy atom. The van der Waals surface area contributed by atoms with Gasteiger partial charge in [0.25, 0.3) is 5.91 Å². The van der Waals surface area contributed by atoms with Crippen molar-refractivity contribution in [1.82, 2.24) is 9.97 Å². The van der Waals surface area contributed by atoms with Crippen molar-refractivity contribution < 1.29 is 9.18 Å². The highest BCUT2D eigenvalue weighted by molar-refractivity contribution is 6.39. The molecule has 0 fully saturated rings. The van der Waals surface area contributed by atoms with Gasteiger partial charge in [0.2, 0.25) is 0 Å². The van der Waals surface area contributed by atoms with E-state index in [0.717, 1.165) is 12.4 Å². The fourth-order valence-corrected chi connectivity index (χ4v) is 1.93. The minimum absolute atomic E-state index is 0.0270. The van der Waals surface area contributed by atoms with Crippen molar-refractivity contribution in [1.29, 1.82) is 0 Å². The highest BCUT2D eigenvalue weighted by Crippen LogP contribution is 2.27. The summed E-state index contributed by atoms with van der Waals surface area (Å²) in [5.41, 5.74) is -0.00573. The van der Waals surface area contributed by atoms with E-state index in [0.29, 0.717) is 0 Å². The lowest BCUT2D eigenvalue weighted by molar-refractivity contribution is 0.102. The molecular formula is C11H5Cl3FN3O. The topological polar surface area (TPSA) is 54.9 Å². The zero-order valence-corrected chi connectivity index (χ0v) is 11.4. The van der Waals surface area contributed by atoms with Gasteiger partial charge in [0.05, 0.1) is 10.6 Å². The van der Waals surface area contributed by atoms with Gasteiger partial charge in [-0.25, -0.2) is 14.4 Å². The van der Waals surface area contributed by atoms with E-state index in [1.54, 1.807) is 0 Å². The Morgan fingerprint density at radius 2 is 1.79 bits per heavy atom. The lowest BCUT2D eigenvalue weighted by atomic mass is 10.2. The summed E-state index contributed by atoms with van der Waals surface area (Å²) in [7, 11) is 0. The Balaban J connectivity index is 2.34. The van der Waals surface area contributed by atoms with Crippen LogP contribution >= 0.6 is 34.8 Å². The molecule has 2 rings (SSSR count). The Morgan fingerprint density at radius 3 is 2.42 bits per heavy atom. The monoisotopic (exact) mass is 319 g/mol. The molecule has 2 aromatic rings. The molecule has 98 valence electrons. The maximum Gasteiger partial charge on any atom is 0.257 e. The molecule has 0 unspecified atom stereocenters. The molecule has 0 spiro atoms. The first-order valence-corrected chi connectivity index (χ1v) is 6.05. The Kier molecular flexibility index (Phi) is 4.19. The van der Waals surface area contributed by atoms with Gasteiger partial charge in [-0.3, -0.25) is 4.79 Å². The quantitative estimate of drug-likeness (QED) is 0.856. The number of hydrogen-bond acceptors (Lipinski definition) is 3. The molecule has 0 atom stereocenters. The van der Waals surface area contributed by atoms with Crippen molar-refractivity contribution in [2.45, 2.75) is 0 Å². The number of hydrogen-bond donors (Lipinski definition) is 1. The second-order valence-corrected chi connectivity index (χ2v) is 4.48. The van der Waals surface area contributed by atoms with Gasteiger partial charge < -0.3 is 5.32 Å². The van der Waals surface area contributed by atoms with E-state index in [9.17, 15) is 9.18 Å². The molecule has 0 saturated carbocycles. The number of benzene rings is 1. The van der Waals surface area contributed by atoms with Crippen LogP contribution in [0.25, 0.3) is 0 Å². The summed E-state index contributed by atoms with van der Waals surface area (Å²) in [5.74, 6) is -1.36. The Bertz CT molecular complexity index is 631. The highest BCUT2D eigenvalue weighted by Gasteiger charge is 2.17. The van der Waals surface area contributed by atoms with E-state index in [-0.39, 0.29) is 26.6 Å². The largest absolute Gasteiger partial charge is 0.317 e. The third-order valence-electron chi connectivity index (χ3n) is 2.19. The first kappa shape index (κ1) is 14.0. The van der Waals surface area contributed by atoms with Crippen molar-refractivity contribution in [3.8, 4) is 0 Å². The number of carbonyl (C=O) groups excluding carboxylic acids is 1. The van der Waals surface area contributed by atoms with E-state index in [1.807, 2.05) is 0 Å². The summed E-state index contributed by atoms with van der Waals surface area (Å²) in [5, 5.41) is 2.04. The number of rotatable bonds is 2. The molecule has 8 heteroatoms. The van der Waals surface area contributed by atoms with Crippen molar-refractivity contribution >= 4 is 46.4 Å². The summed E-state index contributed by atoms with van der Waals surface area (Å²) < 4.78 is 13.2. The number of anilines is 1. The molecule has 0 aliphatic heterocycles. The third kappa shape index (κ3) is 2.94. The molecule has 0 saturated heterocycles. The molecule has 0 bridgehead atoms. The molecule has 0 aliphatic carbocycles. The average Bonchev–Trinajstić information content (AvgIpc) is 2.37. The normalized spacial score (nSPS) is 10.3. The van der Waals surface area contributed by atoms with Crippen LogP contribution in [0.1, 0.15) is 10.4 Å². The molecule has 0 radical (unpaired) electrons. The van der Waals surface area contributed by atoms with Gasteiger partial charge in [-0.2, -0.15) is 0 Å². The number of aromatic nitrogens is 2. The summed E-state index contributed by atoms with van der Waals surface area (Å²) in [6, 6.07) is 3.87. The van der Waals surface area contributed by atoms with Crippen LogP contribution in [-0.2, 0) is 0 Å². The van der Waals surface area contributed by atoms with Gasteiger partial charge >= 0.3 is 0 Å². The predicted molar refractivity (Wildman–Crippen MR) is 71.4 cm³/mol. The van der Waals surface area contributed by atoms with Gasteiger partial charge in [-0.05, 0) is 12.1 Å². The van der Waals surface area contributed by atoms with Crippen molar-refractivity contribution in [3.63, 3.8) is 0 Å². The van der Waals surface area contributed by atoms with Gasteiger partial charge in [-0.15, -0.1) is 0 Å². The summed E-state index contributed by atoms with van der Waals surface area (Å²) in [4.78, 5) is 19.3. The molecular weight excluding hydrogens is 315 g/mol.